The number of rotatable bonds is 5. The molecule has 0 radical (unpaired) electrons. The van der Waals surface area contributed by atoms with Gasteiger partial charge in [0.25, 0.3) is 0 Å². The molecule has 4 heteroatoms. The minimum atomic E-state index is 0.134. The van der Waals surface area contributed by atoms with E-state index in [1.54, 1.807) is 26.4 Å². The molecule has 0 aliphatic heterocycles. The van der Waals surface area contributed by atoms with Crippen LogP contribution >= 0.6 is 15.9 Å². The van der Waals surface area contributed by atoms with E-state index in [1.165, 1.54) is 12.8 Å². The van der Waals surface area contributed by atoms with Crippen LogP contribution in [0, 0.1) is 5.92 Å². The Labute approximate surface area is 109 Å². The predicted molar refractivity (Wildman–Crippen MR) is 68.9 cm³/mol. The van der Waals surface area contributed by atoms with Crippen LogP contribution in [0.25, 0.3) is 0 Å². The first-order valence-corrected chi connectivity index (χ1v) is 6.39. The highest BCUT2D eigenvalue weighted by Crippen LogP contribution is 2.37. The summed E-state index contributed by atoms with van der Waals surface area (Å²) in [6.45, 7) is 0. The molecule has 0 aromatic heterocycles. The predicted octanol–water partition coefficient (Wildman–Crippen LogP) is 3.45. The SMILES string of the molecule is COc1cc(C(=O)CC2CC2)c(OC)cc1Br. The monoisotopic (exact) mass is 298 g/mol. The van der Waals surface area contributed by atoms with Crippen LogP contribution in [-0.2, 0) is 0 Å². The summed E-state index contributed by atoms with van der Waals surface area (Å²) in [5.74, 6) is 1.96. The summed E-state index contributed by atoms with van der Waals surface area (Å²) in [6.07, 6.45) is 2.95. The van der Waals surface area contributed by atoms with E-state index in [9.17, 15) is 4.79 Å². The molecule has 1 saturated carbocycles. The molecule has 0 N–H and O–H groups in total. The smallest absolute Gasteiger partial charge is 0.167 e. The standard InChI is InChI=1S/C13H15BrO3/c1-16-12-7-10(14)13(17-2)6-9(12)11(15)5-8-3-4-8/h6-8H,3-5H2,1-2H3. The zero-order valence-electron chi connectivity index (χ0n) is 9.96. The highest BCUT2D eigenvalue weighted by molar-refractivity contribution is 9.10. The van der Waals surface area contributed by atoms with Crippen LogP contribution in [0.4, 0.5) is 0 Å². The Balaban J connectivity index is 2.31. The molecule has 1 fully saturated rings. The largest absolute Gasteiger partial charge is 0.496 e. The van der Waals surface area contributed by atoms with E-state index in [1.807, 2.05) is 0 Å². The fourth-order valence-electron chi connectivity index (χ4n) is 1.77. The fourth-order valence-corrected chi connectivity index (χ4v) is 2.26. The minimum Gasteiger partial charge on any atom is -0.496 e. The number of carbonyl (C=O) groups is 1. The molecule has 1 aliphatic rings. The Kier molecular flexibility index (Phi) is 3.72. The molecule has 1 aliphatic carbocycles. The lowest BCUT2D eigenvalue weighted by Crippen LogP contribution is -2.04. The highest BCUT2D eigenvalue weighted by Gasteiger charge is 2.26. The van der Waals surface area contributed by atoms with Crippen LogP contribution in [-0.4, -0.2) is 20.0 Å². The van der Waals surface area contributed by atoms with Gasteiger partial charge >= 0.3 is 0 Å². The zero-order chi connectivity index (χ0) is 12.4. The number of hydrogen-bond donors (Lipinski definition) is 0. The molecule has 92 valence electrons. The summed E-state index contributed by atoms with van der Waals surface area (Å²) < 4.78 is 11.2. The lowest BCUT2D eigenvalue weighted by molar-refractivity contribution is 0.0972. The lowest BCUT2D eigenvalue weighted by atomic mass is 10.0. The second-order valence-electron chi connectivity index (χ2n) is 4.26. The normalized spacial score (nSPS) is 14.5. The van der Waals surface area contributed by atoms with Crippen molar-refractivity contribution in [1.29, 1.82) is 0 Å². The van der Waals surface area contributed by atoms with Crippen LogP contribution in [0.3, 0.4) is 0 Å². The van der Waals surface area contributed by atoms with Gasteiger partial charge in [0, 0.05) is 6.42 Å². The zero-order valence-corrected chi connectivity index (χ0v) is 11.5. The molecule has 3 nitrogen and oxygen atoms in total. The molecule has 0 bridgehead atoms. The van der Waals surface area contributed by atoms with E-state index in [0.717, 1.165) is 4.47 Å². The first-order chi connectivity index (χ1) is 8.15. The summed E-state index contributed by atoms with van der Waals surface area (Å²) >= 11 is 3.38. The van der Waals surface area contributed by atoms with Crippen molar-refractivity contribution in [3.8, 4) is 11.5 Å². The number of methoxy groups -OCH3 is 2. The molecule has 17 heavy (non-hydrogen) atoms. The van der Waals surface area contributed by atoms with Crippen molar-refractivity contribution in [1.82, 2.24) is 0 Å². The molecule has 0 heterocycles. The Hall–Kier alpha value is -1.03. The van der Waals surface area contributed by atoms with Gasteiger partial charge in [0.15, 0.2) is 5.78 Å². The van der Waals surface area contributed by atoms with Crippen molar-refractivity contribution in [2.24, 2.45) is 5.92 Å². The van der Waals surface area contributed by atoms with Crippen LogP contribution < -0.4 is 9.47 Å². The van der Waals surface area contributed by atoms with Crippen LogP contribution in [0.1, 0.15) is 29.6 Å². The van der Waals surface area contributed by atoms with E-state index >= 15 is 0 Å². The van der Waals surface area contributed by atoms with Crippen molar-refractivity contribution in [2.45, 2.75) is 19.3 Å². The van der Waals surface area contributed by atoms with Crippen LogP contribution in [0.5, 0.6) is 11.5 Å². The van der Waals surface area contributed by atoms with Crippen molar-refractivity contribution in [3.05, 3.63) is 22.2 Å². The molecule has 0 atom stereocenters. The summed E-state index contributed by atoms with van der Waals surface area (Å²) in [4.78, 5) is 12.1. The van der Waals surface area contributed by atoms with Gasteiger partial charge in [-0.15, -0.1) is 0 Å². The van der Waals surface area contributed by atoms with Gasteiger partial charge in [-0.3, -0.25) is 4.79 Å². The van der Waals surface area contributed by atoms with Crippen molar-refractivity contribution in [3.63, 3.8) is 0 Å². The van der Waals surface area contributed by atoms with Gasteiger partial charge in [-0.25, -0.2) is 0 Å². The maximum atomic E-state index is 12.1. The summed E-state index contributed by atoms with van der Waals surface area (Å²) in [6, 6.07) is 3.52. The third kappa shape index (κ3) is 2.80. The van der Waals surface area contributed by atoms with Gasteiger partial charge in [-0.05, 0) is 46.8 Å². The van der Waals surface area contributed by atoms with E-state index in [4.69, 9.17) is 9.47 Å². The van der Waals surface area contributed by atoms with Gasteiger partial charge < -0.3 is 9.47 Å². The van der Waals surface area contributed by atoms with E-state index in [2.05, 4.69) is 15.9 Å². The molecule has 2 rings (SSSR count). The summed E-state index contributed by atoms with van der Waals surface area (Å²) in [7, 11) is 3.16. The topological polar surface area (TPSA) is 35.5 Å². The average molecular weight is 299 g/mol. The third-order valence-corrected chi connectivity index (χ3v) is 3.57. The van der Waals surface area contributed by atoms with Crippen molar-refractivity contribution >= 4 is 21.7 Å². The molecular weight excluding hydrogens is 284 g/mol. The number of benzene rings is 1. The first kappa shape index (κ1) is 12.4. The molecule has 0 amide bonds. The van der Waals surface area contributed by atoms with Gasteiger partial charge in [0.05, 0.1) is 24.3 Å². The van der Waals surface area contributed by atoms with E-state index < -0.39 is 0 Å². The molecular formula is C13H15BrO3. The quantitative estimate of drug-likeness (QED) is 0.781. The molecule has 0 unspecified atom stereocenters. The van der Waals surface area contributed by atoms with Crippen LogP contribution in [0.15, 0.2) is 16.6 Å². The highest BCUT2D eigenvalue weighted by atomic mass is 79.9. The first-order valence-electron chi connectivity index (χ1n) is 5.60. The number of ketones is 1. The van der Waals surface area contributed by atoms with Gasteiger partial charge in [0.2, 0.25) is 0 Å². The minimum absolute atomic E-state index is 0.134. The lowest BCUT2D eigenvalue weighted by Gasteiger charge is -2.11. The number of hydrogen-bond acceptors (Lipinski definition) is 3. The fraction of sp³-hybridized carbons (Fsp3) is 0.462. The second kappa shape index (κ2) is 5.08. The summed E-state index contributed by atoms with van der Waals surface area (Å²) in [5.41, 5.74) is 0.611. The maximum Gasteiger partial charge on any atom is 0.167 e. The molecule has 1 aromatic carbocycles. The molecule has 1 aromatic rings. The Morgan fingerprint density at radius 2 is 1.94 bits per heavy atom. The Morgan fingerprint density at radius 3 is 2.47 bits per heavy atom. The maximum absolute atomic E-state index is 12.1. The number of Topliss-reactive ketones (excluding diaryl/α,β-unsaturated/α-hetero) is 1. The van der Waals surface area contributed by atoms with Gasteiger partial charge in [0.1, 0.15) is 11.5 Å². The third-order valence-electron chi connectivity index (χ3n) is 2.95. The molecule has 0 saturated heterocycles. The number of halogens is 1. The Bertz CT molecular complexity index is 439. The Morgan fingerprint density at radius 1 is 1.29 bits per heavy atom. The molecule has 0 spiro atoms. The number of ether oxygens (including phenoxy) is 2. The summed E-state index contributed by atoms with van der Waals surface area (Å²) in [5, 5.41) is 0. The van der Waals surface area contributed by atoms with Gasteiger partial charge in [-0.2, -0.15) is 0 Å². The van der Waals surface area contributed by atoms with Crippen molar-refractivity contribution in [2.75, 3.05) is 14.2 Å². The van der Waals surface area contributed by atoms with E-state index in [-0.39, 0.29) is 5.78 Å². The van der Waals surface area contributed by atoms with Gasteiger partial charge in [-0.1, -0.05) is 0 Å². The second-order valence-corrected chi connectivity index (χ2v) is 5.11. The van der Waals surface area contributed by atoms with Crippen molar-refractivity contribution < 1.29 is 14.3 Å². The number of carbonyl (C=O) groups excluding carboxylic acids is 1. The van der Waals surface area contributed by atoms with E-state index in [0.29, 0.717) is 29.4 Å². The van der Waals surface area contributed by atoms with Crippen LogP contribution in [0.2, 0.25) is 0 Å². The average Bonchev–Trinajstić information content (AvgIpc) is 3.12.